The van der Waals surface area contributed by atoms with Gasteiger partial charge in [-0.05, 0) is 18.7 Å². The van der Waals surface area contributed by atoms with Crippen molar-refractivity contribution in [1.82, 2.24) is 19.9 Å². The van der Waals surface area contributed by atoms with Gasteiger partial charge in [0.2, 0.25) is 0 Å². The van der Waals surface area contributed by atoms with Crippen molar-refractivity contribution < 1.29 is 0 Å². The second kappa shape index (κ2) is 6.10. The molecule has 0 aliphatic heterocycles. The highest BCUT2D eigenvalue weighted by molar-refractivity contribution is 7.99. The van der Waals surface area contributed by atoms with Gasteiger partial charge in [0, 0.05) is 17.5 Å². The Morgan fingerprint density at radius 1 is 1.10 bits per heavy atom. The number of anilines is 3. The van der Waals surface area contributed by atoms with E-state index in [-0.39, 0.29) is 5.92 Å². The summed E-state index contributed by atoms with van der Waals surface area (Å²) >= 11 is 1.27. The van der Waals surface area contributed by atoms with Gasteiger partial charge in [-0.2, -0.15) is 0 Å². The Balaban J connectivity index is 2.45. The zero-order chi connectivity index (χ0) is 15.6. The lowest BCUT2D eigenvalue weighted by molar-refractivity contribution is 0.748. The van der Waals surface area contributed by atoms with Crippen molar-refractivity contribution in [2.24, 2.45) is 5.84 Å². The normalized spacial score (nSPS) is 10.9. The van der Waals surface area contributed by atoms with Crippen molar-refractivity contribution in [2.75, 3.05) is 16.9 Å². The van der Waals surface area contributed by atoms with Crippen LogP contribution in [0.1, 0.15) is 31.2 Å². The van der Waals surface area contributed by atoms with E-state index in [0.717, 1.165) is 5.56 Å². The van der Waals surface area contributed by atoms with Gasteiger partial charge in [-0.3, -0.25) is 0 Å². The molecule has 2 aromatic rings. The van der Waals surface area contributed by atoms with Gasteiger partial charge in [0.05, 0.1) is 0 Å². The minimum absolute atomic E-state index is 0.170. The highest BCUT2D eigenvalue weighted by atomic mass is 32.2. The number of nitrogens with zero attached hydrogens (tertiary/aromatic N) is 4. The average molecular weight is 306 g/mol. The fourth-order valence-corrected chi connectivity index (χ4v) is 2.47. The van der Waals surface area contributed by atoms with Crippen LogP contribution in [0.2, 0.25) is 0 Å². The molecule has 0 amide bonds. The van der Waals surface area contributed by atoms with E-state index in [9.17, 15) is 0 Å². The first-order chi connectivity index (χ1) is 9.90. The Bertz CT molecular complexity index is 638. The Kier molecular flexibility index (Phi) is 4.43. The molecule has 2 rings (SSSR count). The van der Waals surface area contributed by atoms with Crippen LogP contribution in [0.25, 0.3) is 0 Å². The van der Waals surface area contributed by atoms with Crippen LogP contribution in [0, 0.1) is 6.92 Å². The van der Waals surface area contributed by atoms with Gasteiger partial charge in [-0.1, -0.05) is 13.8 Å². The molecular formula is C12H18N8S. The molecule has 0 fully saturated rings. The Labute approximate surface area is 126 Å². The second-order valence-corrected chi connectivity index (χ2v) is 5.72. The molecule has 7 N–H and O–H groups in total. The molecule has 0 saturated carbocycles. The highest BCUT2D eigenvalue weighted by Crippen LogP contribution is 2.31. The third-order valence-corrected chi connectivity index (χ3v) is 3.66. The van der Waals surface area contributed by atoms with E-state index in [1.54, 1.807) is 0 Å². The number of aromatic nitrogens is 4. The number of hydrazine groups is 1. The summed E-state index contributed by atoms with van der Waals surface area (Å²) in [6.07, 6.45) is 0. The van der Waals surface area contributed by atoms with Crippen LogP contribution in [0.3, 0.4) is 0 Å². The lowest BCUT2D eigenvalue weighted by Crippen LogP contribution is -2.13. The van der Waals surface area contributed by atoms with Gasteiger partial charge in [0.1, 0.15) is 28.3 Å². The number of nitrogen functional groups attached to an aromatic ring is 3. The standard InChI is InChI=1S/C12H18N8S/c1-5(2)9-18-10(20-15)6(3)11(19-9)21-12-16-7(13)4-8(14)17-12/h4-5H,15H2,1-3H3,(H,18,19,20)(H4,13,14,16,17). The molecule has 21 heavy (non-hydrogen) atoms. The molecule has 0 aromatic carbocycles. The lowest BCUT2D eigenvalue weighted by atomic mass is 10.2. The largest absolute Gasteiger partial charge is 0.383 e. The summed E-state index contributed by atoms with van der Waals surface area (Å²) in [5.41, 5.74) is 14.8. The van der Waals surface area contributed by atoms with Crippen LogP contribution in [0.15, 0.2) is 16.2 Å². The van der Waals surface area contributed by atoms with Crippen molar-refractivity contribution in [3.05, 3.63) is 17.5 Å². The van der Waals surface area contributed by atoms with Gasteiger partial charge in [0.15, 0.2) is 5.16 Å². The Morgan fingerprint density at radius 2 is 1.71 bits per heavy atom. The first-order valence-electron chi connectivity index (χ1n) is 6.33. The number of hydrogen-bond donors (Lipinski definition) is 4. The summed E-state index contributed by atoms with van der Waals surface area (Å²) in [5.74, 6) is 7.58. The van der Waals surface area contributed by atoms with Gasteiger partial charge in [-0.15, -0.1) is 0 Å². The van der Waals surface area contributed by atoms with Crippen molar-refractivity contribution >= 4 is 29.2 Å². The maximum Gasteiger partial charge on any atom is 0.197 e. The number of nitrogens with two attached hydrogens (primary N) is 3. The summed E-state index contributed by atoms with van der Waals surface area (Å²) in [7, 11) is 0. The topological polar surface area (TPSA) is 142 Å². The third-order valence-electron chi connectivity index (χ3n) is 2.70. The molecule has 0 spiro atoms. The summed E-state index contributed by atoms with van der Waals surface area (Å²) in [6.45, 7) is 5.89. The average Bonchev–Trinajstić information content (AvgIpc) is 2.39. The van der Waals surface area contributed by atoms with Crippen LogP contribution in [0.5, 0.6) is 0 Å². The van der Waals surface area contributed by atoms with Crippen LogP contribution in [-0.4, -0.2) is 19.9 Å². The van der Waals surface area contributed by atoms with E-state index < -0.39 is 0 Å². The highest BCUT2D eigenvalue weighted by Gasteiger charge is 2.15. The van der Waals surface area contributed by atoms with E-state index in [0.29, 0.717) is 33.5 Å². The molecule has 112 valence electrons. The van der Waals surface area contributed by atoms with Gasteiger partial charge in [0.25, 0.3) is 0 Å². The SMILES string of the molecule is Cc1c(NN)nc(C(C)C)nc1Sc1nc(N)cc(N)n1. The molecule has 0 atom stereocenters. The summed E-state index contributed by atoms with van der Waals surface area (Å²) in [4.78, 5) is 17.2. The molecule has 9 heteroatoms. The molecular weight excluding hydrogens is 288 g/mol. The van der Waals surface area contributed by atoms with Crippen LogP contribution >= 0.6 is 11.8 Å². The minimum atomic E-state index is 0.170. The molecule has 2 aromatic heterocycles. The molecule has 0 radical (unpaired) electrons. The molecule has 0 bridgehead atoms. The van der Waals surface area contributed by atoms with Gasteiger partial charge >= 0.3 is 0 Å². The van der Waals surface area contributed by atoms with Crippen molar-refractivity contribution in [3.8, 4) is 0 Å². The van der Waals surface area contributed by atoms with E-state index in [4.69, 9.17) is 17.3 Å². The zero-order valence-electron chi connectivity index (χ0n) is 12.1. The second-order valence-electron chi connectivity index (χ2n) is 4.76. The maximum absolute atomic E-state index is 5.68. The Hall–Kier alpha value is -2.13. The summed E-state index contributed by atoms with van der Waals surface area (Å²) in [5, 5.41) is 1.15. The smallest absolute Gasteiger partial charge is 0.197 e. The summed E-state index contributed by atoms with van der Waals surface area (Å²) < 4.78 is 0. The van der Waals surface area contributed by atoms with Crippen molar-refractivity contribution in [1.29, 1.82) is 0 Å². The van der Waals surface area contributed by atoms with E-state index in [1.165, 1.54) is 17.8 Å². The zero-order valence-corrected chi connectivity index (χ0v) is 12.9. The molecule has 0 saturated heterocycles. The van der Waals surface area contributed by atoms with E-state index >= 15 is 0 Å². The molecule has 0 unspecified atom stereocenters. The monoisotopic (exact) mass is 306 g/mol. The molecule has 8 nitrogen and oxygen atoms in total. The quantitative estimate of drug-likeness (QED) is 0.284. The van der Waals surface area contributed by atoms with Crippen molar-refractivity contribution in [2.45, 2.75) is 36.9 Å². The van der Waals surface area contributed by atoms with Crippen LogP contribution in [-0.2, 0) is 0 Å². The molecule has 2 heterocycles. The number of rotatable bonds is 4. The van der Waals surface area contributed by atoms with E-state index in [2.05, 4.69) is 25.4 Å². The lowest BCUT2D eigenvalue weighted by Gasteiger charge is -2.13. The predicted molar refractivity (Wildman–Crippen MR) is 83.6 cm³/mol. The first-order valence-corrected chi connectivity index (χ1v) is 7.15. The molecule has 0 aliphatic rings. The van der Waals surface area contributed by atoms with Gasteiger partial charge < -0.3 is 16.9 Å². The number of nitrogens with one attached hydrogen (secondary N) is 1. The first kappa shape index (κ1) is 15.3. The van der Waals surface area contributed by atoms with Gasteiger partial charge in [-0.25, -0.2) is 25.8 Å². The van der Waals surface area contributed by atoms with Crippen LogP contribution < -0.4 is 22.7 Å². The molecule has 0 aliphatic carbocycles. The number of hydrogen-bond acceptors (Lipinski definition) is 9. The summed E-state index contributed by atoms with van der Waals surface area (Å²) in [6, 6.07) is 1.50. The maximum atomic E-state index is 5.68. The minimum Gasteiger partial charge on any atom is -0.383 e. The Morgan fingerprint density at radius 3 is 2.24 bits per heavy atom. The van der Waals surface area contributed by atoms with Crippen molar-refractivity contribution in [3.63, 3.8) is 0 Å². The van der Waals surface area contributed by atoms with Crippen LogP contribution in [0.4, 0.5) is 17.5 Å². The van der Waals surface area contributed by atoms with E-state index in [1.807, 2.05) is 20.8 Å². The fourth-order valence-electron chi connectivity index (χ4n) is 1.60. The fraction of sp³-hybridized carbons (Fsp3) is 0.333. The predicted octanol–water partition coefficient (Wildman–Crippen LogP) is 1.30. The third kappa shape index (κ3) is 3.50.